The Morgan fingerprint density at radius 3 is 2.61 bits per heavy atom. The summed E-state index contributed by atoms with van der Waals surface area (Å²) in [5, 5.41) is 14.4. The van der Waals surface area contributed by atoms with E-state index in [-0.39, 0.29) is 12.3 Å². The fraction of sp³-hybridized carbons (Fsp3) is 0.385. The van der Waals surface area contributed by atoms with Crippen LogP contribution >= 0.6 is 0 Å². The van der Waals surface area contributed by atoms with E-state index in [1.54, 1.807) is 13.1 Å². The first-order chi connectivity index (χ1) is 8.63. The number of aryl methyl sites for hydroxylation is 1. The van der Waals surface area contributed by atoms with Gasteiger partial charge in [-0.05, 0) is 25.1 Å². The summed E-state index contributed by atoms with van der Waals surface area (Å²) in [6, 6.07) is 7.27. The van der Waals surface area contributed by atoms with E-state index in [4.69, 9.17) is 5.11 Å². The second-order valence-electron chi connectivity index (χ2n) is 3.95. The molecule has 0 aromatic heterocycles. The van der Waals surface area contributed by atoms with Crippen molar-refractivity contribution in [2.75, 3.05) is 18.9 Å². The maximum absolute atomic E-state index is 11.6. The molecule has 0 radical (unpaired) electrons. The summed E-state index contributed by atoms with van der Waals surface area (Å²) in [5.74, 6) is -0.918. The summed E-state index contributed by atoms with van der Waals surface area (Å²) in [6.07, 6.45) is 0.866. The number of hydrogen-bond acceptors (Lipinski definition) is 3. The van der Waals surface area contributed by atoms with Gasteiger partial charge in [0.05, 0.1) is 0 Å². The van der Waals surface area contributed by atoms with Crippen molar-refractivity contribution in [2.24, 2.45) is 0 Å². The second kappa shape index (κ2) is 7.45. The number of carboxylic acid groups (broad SMARTS) is 1. The molecule has 0 aliphatic carbocycles. The largest absolute Gasteiger partial charge is 0.481 e. The Labute approximate surface area is 106 Å². The Morgan fingerprint density at radius 1 is 1.22 bits per heavy atom. The molecule has 5 nitrogen and oxygen atoms in total. The van der Waals surface area contributed by atoms with Crippen LogP contribution in [0.5, 0.6) is 0 Å². The van der Waals surface area contributed by atoms with Crippen molar-refractivity contribution >= 4 is 17.6 Å². The van der Waals surface area contributed by atoms with Gasteiger partial charge >= 0.3 is 5.97 Å². The molecule has 0 fully saturated rings. The summed E-state index contributed by atoms with van der Waals surface area (Å²) in [5.41, 5.74) is 1.54. The number of para-hydroxylation sites is 1. The van der Waals surface area contributed by atoms with E-state index in [0.717, 1.165) is 5.56 Å². The molecular weight excluding hydrogens is 232 g/mol. The van der Waals surface area contributed by atoms with Crippen LogP contribution in [-0.2, 0) is 16.0 Å². The average Bonchev–Trinajstić information content (AvgIpc) is 2.35. The molecule has 1 aromatic carbocycles. The molecule has 18 heavy (non-hydrogen) atoms. The molecule has 0 saturated carbocycles. The monoisotopic (exact) mass is 250 g/mol. The maximum atomic E-state index is 11.6. The summed E-state index contributed by atoms with van der Waals surface area (Å²) < 4.78 is 0. The molecule has 98 valence electrons. The van der Waals surface area contributed by atoms with Gasteiger partial charge in [0, 0.05) is 25.1 Å². The van der Waals surface area contributed by atoms with Gasteiger partial charge in [-0.2, -0.15) is 0 Å². The van der Waals surface area contributed by atoms with Crippen LogP contribution < -0.4 is 10.6 Å². The zero-order valence-corrected chi connectivity index (χ0v) is 10.4. The van der Waals surface area contributed by atoms with E-state index in [1.807, 2.05) is 18.2 Å². The topological polar surface area (TPSA) is 78.4 Å². The number of carboxylic acids is 1. The molecular formula is C13H18N2O3. The molecule has 0 aliphatic heterocycles. The molecule has 0 spiro atoms. The lowest BCUT2D eigenvalue weighted by molar-refractivity contribution is -0.136. The number of rotatable bonds is 7. The number of benzene rings is 1. The van der Waals surface area contributed by atoms with Gasteiger partial charge in [-0.3, -0.25) is 9.59 Å². The zero-order chi connectivity index (χ0) is 13.4. The standard InChI is InChI=1S/C13H18N2O3/c1-14-9-8-12(16)15-11-5-3-2-4-10(11)6-7-13(17)18/h2-5,14H,6-9H2,1H3,(H,15,16)(H,17,18). The van der Waals surface area contributed by atoms with Crippen LogP contribution in [0.4, 0.5) is 5.69 Å². The number of amides is 1. The summed E-state index contributed by atoms with van der Waals surface area (Å²) in [7, 11) is 1.79. The molecule has 0 heterocycles. The third-order valence-electron chi connectivity index (χ3n) is 2.50. The average molecular weight is 250 g/mol. The molecule has 0 aliphatic rings. The minimum Gasteiger partial charge on any atom is -0.481 e. The first-order valence-electron chi connectivity index (χ1n) is 5.87. The van der Waals surface area contributed by atoms with Crippen molar-refractivity contribution in [1.82, 2.24) is 5.32 Å². The van der Waals surface area contributed by atoms with Crippen molar-refractivity contribution in [3.8, 4) is 0 Å². The van der Waals surface area contributed by atoms with Crippen molar-refractivity contribution < 1.29 is 14.7 Å². The zero-order valence-electron chi connectivity index (χ0n) is 10.4. The summed E-state index contributed by atoms with van der Waals surface area (Å²) in [6.45, 7) is 0.614. The molecule has 3 N–H and O–H groups in total. The van der Waals surface area contributed by atoms with Crippen LogP contribution in [0.25, 0.3) is 0 Å². The van der Waals surface area contributed by atoms with Crippen LogP contribution in [0.2, 0.25) is 0 Å². The fourth-order valence-corrected chi connectivity index (χ4v) is 1.55. The summed E-state index contributed by atoms with van der Waals surface area (Å²) >= 11 is 0. The Morgan fingerprint density at radius 2 is 1.94 bits per heavy atom. The van der Waals surface area contributed by atoms with Crippen LogP contribution in [0.15, 0.2) is 24.3 Å². The molecule has 0 atom stereocenters. The van der Waals surface area contributed by atoms with Gasteiger partial charge in [0.25, 0.3) is 0 Å². The van der Waals surface area contributed by atoms with Crippen molar-refractivity contribution in [2.45, 2.75) is 19.3 Å². The van der Waals surface area contributed by atoms with Gasteiger partial charge in [-0.15, -0.1) is 0 Å². The number of carbonyl (C=O) groups is 2. The molecule has 1 aromatic rings. The molecule has 1 amide bonds. The quantitative estimate of drug-likeness (QED) is 0.680. The Kier molecular flexibility index (Phi) is 5.87. The SMILES string of the molecule is CNCCC(=O)Nc1ccccc1CCC(=O)O. The third-order valence-corrected chi connectivity index (χ3v) is 2.50. The maximum Gasteiger partial charge on any atom is 0.303 e. The van der Waals surface area contributed by atoms with Crippen molar-refractivity contribution in [3.05, 3.63) is 29.8 Å². The van der Waals surface area contributed by atoms with Gasteiger partial charge in [-0.1, -0.05) is 18.2 Å². The molecule has 0 saturated heterocycles. The fourth-order valence-electron chi connectivity index (χ4n) is 1.55. The van der Waals surface area contributed by atoms with Crippen LogP contribution in [0.1, 0.15) is 18.4 Å². The minimum atomic E-state index is -0.841. The van der Waals surface area contributed by atoms with E-state index in [0.29, 0.717) is 25.1 Å². The van der Waals surface area contributed by atoms with E-state index < -0.39 is 5.97 Å². The van der Waals surface area contributed by atoms with E-state index in [1.165, 1.54) is 0 Å². The minimum absolute atomic E-state index is 0.0589. The van der Waals surface area contributed by atoms with E-state index in [9.17, 15) is 9.59 Å². The number of nitrogens with one attached hydrogen (secondary N) is 2. The first-order valence-corrected chi connectivity index (χ1v) is 5.87. The van der Waals surface area contributed by atoms with Gasteiger partial charge in [0.1, 0.15) is 0 Å². The highest BCUT2D eigenvalue weighted by atomic mass is 16.4. The summed E-state index contributed by atoms with van der Waals surface area (Å²) in [4.78, 5) is 22.1. The molecule has 5 heteroatoms. The number of aliphatic carboxylic acids is 1. The number of hydrogen-bond donors (Lipinski definition) is 3. The number of anilines is 1. The van der Waals surface area contributed by atoms with E-state index in [2.05, 4.69) is 10.6 Å². The Hall–Kier alpha value is -1.88. The molecule has 0 unspecified atom stereocenters. The normalized spacial score (nSPS) is 10.1. The van der Waals surface area contributed by atoms with Crippen molar-refractivity contribution in [1.29, 1.82) is 0 Å². The number of carbonyl (C=O) groups excluding carboxylic acids is 1. The van der Waals surface area contributed by atoms with Crippen LogP contribution in [0.3, 0.4) is 0 Å². The highest BCUT2D eigenvalue weighted by molar-refractivity contribution is 5.91. The van der Waals surface area contributed by atoms with Gasteiger partial charge in [-0.25, -0.2) is 0 Å². The lowest BCUT2D eigenvalue weighted by Crippen LogP contribution is -2.19. The smallest absolute Gasteiger partial charge is 0.303 e. The Bertz CT molecular complexity index is 418. The van der Waals surface area contributed by atoms with Gasteiger partial charge < -0.3 is 15.7 Å². The van der Waals surface area contributed by atoms with Crippen LogP contribution in [-0.4, -0.2) is 30.6 Å². The highest BCUT2D eigenvalue weighted by Crippen LogP contribution is 2.17. The second-order valence-corrected chi connectivity index (χ2v) is 3.95. The predicted octanol–water partition coefficient (Wildman–Crippen LogP) is 1.25. The first kappa shape index (κ1) is 14.2. The molecule has 1 rings (SSSR count). The predicted molar refractivity (Wildman–Crippen MR) is 69.6 cm³/mol. The third kappa shape index (κ3) is 4.97. The highest BCUT2D eigenvalue weighted by Gasteiger charge is 2.07. The van der Waals surface area contributed by atoms with Gasteiger partial charge in [0.2, 0.25) is 5.91 Å². The van der Waals surface area contributed by atoms with E-state index >= 15 is 0 Å². The lowest BCUT2D eigenvalue weighted by atomic mass is 10.1. The van der Waals surface area contributed by atoms with Gasteiger partial charge in [0.15, 0.2) is 0 Å². The lowest BCUT2D eigenvalue weighted by Gasteiger charge is -2.10. The molecule has 0 bridgehead atoms. The van der Waals surface area contributed by atoms with Crippen molar-refractivity contribution in [3.63, 3.8) is 0 Å². The van der Waals surface area contributed by atoms with Crippen LogP contribution in [0, 0.1) is 0 Å². The Balaban J connectivity index is 2.63.